The molecule has 0 atom stereocenters. The molecule has 0 amide bonds. The lowest BCUT2D eigenvalue weighted by Crippen LogP contribution is -2.20. The molecule has 2 rings (SSSR count). The van der Waals surface area contributed by atoms with E-state index in [0.29, 0.717) is 0 Å². The van der Waals surface area contributed by atoms with Crippen molar-refractivity contribution < 1.29 is 8.42 Å². The number of hydrogen-bond donors (Lipinski definition) is 2. The van der Waals surface area contributed by atoms with Crippen LogP contribution in [0, 0.1) is 0 Å². The molecule has 2 aromatic carbocycles. The minimum atomic E-state index is -3.21. The molecule has 106 valence electrons. The molecule has 0 aliphatic heterocycles. The summed E-state index contributed by atoms with van der Waals surface area (Å²) in [6.45, 7) is 0.745. The van der Waals surface area contributed by atoms with Gasteiger partial charge in [0, 0.05) is 12.2 Å². The second kappa shape index (κ2) is 6.54. The second-order valence-electron chi connectivity index (χ2n) is 4.50. The van der Waals surface area contributed by atoms with Crippen molar-refractivity contribution in [1.82, 2.24) is 4.72 Å². The van der Waals surface area contributed by atoms with Crippen molar-refractivity contribution >= 4 is 15.7 Å². The van der Waals surface area contributed by atoms with E-state index in [2.05, 4.69) is 22.2 Å². The van der Waals surface area contributed by atoms with Crippen molar-refractivity contribution in [1.29, 1.82) is 0 Å². The van der Waals surface area contributed by atoms with Gasteiger partial charge in [0.25, 0.3) is 0 Å². The van der Waals surface area contributed by atoms with Gasteiger partial charge in [-0.05, 0) is 30.3 Å². The van der Waals surface area contributed by atoms with Gasteiger partial charge in [-0.3, -0.25) is 0 Å². The molecule has 2 aromatic rings. The van der Waals surface area contributed by atoms with Gasteiger partial charge in [-0.25, -0.2) is 13.1 Å². The van der Waals surface area contributed by atoms with Gasteiger partial charge >= 0.3 is 0 Å². The first-order chi connectivity index (χ1) is 9.59. The van der Waals surface area contributed by atoms with E-state index in [9.17, 15) is 8.42 Å². The van der Waals surface area contributed by atoms with Crippen LogP contribution in [0.5, 0.6) is 0 Å². The maximum atomic E-state index is 11.4. The maximum absolute atomic E-state index is 11.4. The average molecular weight is 290 g/mol. The number of anilines is 1. The molecule has 2 N–H and O–H groups in total. The van der Waals surface area contributed by atoms with Gasteiger partial charge in [-0.15, -0.1) is 0 Å². The topological polar surface area (TPSA) is 58.2 Å². The van der Waals surface area contributed by atoms with Crippen LogP contribution in [0.3, 0.4) is 0 Å². The van der Waals surface area contributed by atoms with E-state index in [4.69, 9.17) is 0 Å². The van der Waals surface area contributed by atoms with Crippen LogP contribution in [0.15, 0.2) is 54.6 Å². The highest BCUT2D eigenvalue weighted by molar-refractivity contribution is 7.88. The monoisotopic (exact) mass is 290 g/mol. The van der Waals surface area contributed by atoms with Crippen molar-refractivity contribution in [2.75, 3.05) is 12.4 Å². The summed E-state index contributed by atoms with van der Waals surface area (Å²) in [6, 6.07) is 17.5. The predicted octanol–water partition coefficient (Wildman–Crippen LogP) is 2.35. The third kappa shape index (κ3) is 4.36. The molecule has 0 heterocycles. The molecule has 0 aromatic heterocycles. The Labute approximate surface area is 119 Å². The fourth-order valence-electron chi connectivity index (χ4n) is 1.81. The van der Waals surface area contributed by atoms with E-state index in [1.165, 1.54) is 12.6 Å². The Morgan fingerprint density at radius 1 is 0.900 bits per heavy atom. The summed E-state index contributed by atoms with van der Waals surface area (Å²) in [5.41, 5.74) is 2.94. The first-order valence-corrected chi connectivity index (χ1v) is 8.02. The van der Waals surface area contributed by atoms with E-state index >= 15 is 0 Å². The van der Waals surface area contributed by atoms with Crippen molar-refractivity contribution in [3.05, 3.63) is 65.7 Å². The van der Waals surface area contributed by atoms with Crippen molar-refractivity contribution in [2.45, 2.75) is 12.3 Å². The van der Waals surface area contributed by atoms with Gasteiger partial charge in [-0.2, -0.15) is 0 Å². The van der Waals surface area contributed by atoms with Gasteiger partial charge < -0.3 is 5.32 Å². The van der Waals surface area contributed by atoms with Crippen LogP contribution < -0.4 is 10.0 Å². The molecule has 0 bridgehead atoms. The smallest absolute Gasteiger partial charge is 0.215 e. The van der Waals surface area contributed by atoms with E-state index in [1.807, 2.05) is 42.5 Å². The molecule has 0 unspecified atom stereocenters. The van der Waals surface area contributed by atoms with Crippen LogP contribution in [0.25, 0.3) is 0 Å². The van der Waals surface area contributed by atoms with Crippen LogP contribution in [0.2, 0.25) is 0 Å². The fourth-order valence-corrected chi connectivity index (χ4v) is 2.59. The first kappa shape index (κ1) is 14.6. The molecule has 20 heavy (non-hydrogen) atoms. The number of benzene rings is 2. The van der Waals surface area contributed by atoms with Crippen LogP contribution in [0.1, 0.15) is 11.1 Å². The third-order valence-corrected chi connectivity index (χ3v) is 4.30. The Morgan fingerprint density at radius 3 is 2.15 bits per heavy atom. The standard InChI is InChI=1S/C15H18N2O2S/c1-16-20(18,19)12-14-7-9-15(10-8-14)17-11-13-5-3-2-4-6-13/h2-10,16-17H,11-12H2,1H3. The summed E-state index contributed by atoms with van der Waals surface area (Å²) < 4.78 is 25.2. The fraction of sp³-hybridized carbons (Fsp3) is 0.200. The highest BCUT2D eigenvalue weighted by Crippen LogP contribution is 2.13. The van der Waals surface area contributed by atoms with Gasteiger partial charge in [0.2, 0.25) is 10.0 Å². The molecule has 0 saturated carbocycles. The normalized spacial score (nSPS) is 11.2. The summed E-state index contributed by atoms with van der Waals surface area (Å²) in [6.07, 6.45) is 0. The lowest BCUT2D eigenvalue weighted by atomic mass is 10.2. The number of nitrogens with one attached hydrogen (secondary N) is 2. The summed E-state index contributed by atoms with van der Waals surface area (Å²) in [7, 11) is -1.79. The van der Waals surface area contributed by atoms with E-state index in [1.54, 1.807) is 0 Å². The van der Waals surface area contributed by atoms with Crippen molar-refractivity contribution in [3.63, 3.8) is 0 Å². The molecule has 0 spiro atoms. The van der Waals surface area contributed by atoms with Gasteiger partial charge in [-0.1, -0.05) is 42.5 Å². The largest absolute Gasteiger partial charge is 0.381 e. The molecule has 5 heteroatoms. The van der Waals surface area contributed by atoms with Crippen LogP contribution in [-0.2, 0) is 22.3 Å². The summed E-state index contributed by atoms with van der Waals surface area (Å²) in [5, 5.41) is 3.30. The van der Waals surface area contributed by atoms with Crippen LogP contribution in [-0.4, -0.2) is 15.5 Å². The molecule has 0 saturated heterocycles. The lowest BCUT2D eigenvalue weighted by Gasteiger charge is -2.08. The average Bonchev–Trinajstić information content (AvgIpc) is 2.47. The third-order valence-electron chi connectivity index (χ3n) is 2.96. The predicted molar refractivity (Wildman–Crippen MR) is 81.9 cm³/mol. The Balaban J connectivity index is 1.95. The number of sulfonamides is 1. The maximum Gasteiger partial charge on any atom is 0.215 e. The van der Waals surface area contributed by atoms with E-state index < -0.39 is 10.0 Å². The Hall–Kier alpha value is -1.85. The van der Waals surface area contributed by atoms with Crippen molar-refractivity contribution in [3.8, 4) is 0 Å². The molecular formula is C15H18N2O2S. The summed E-state index contributed by atoms with van der Waals surface area (Å²) >= 11 is 0. The molecule has 0 radical (unpaired) electrons. The van der Waals surface area contributed by atoms with E-state index in [-0.39, 0.29) is 5.75 Å². The molecular weight excluding hydrogens is 272 g/mol. The minimum Gasteiger partial charge on any atom is -0.381 e. The molecule has 0 fully saturated rings. The lowest BCUT2D eigenvalue weighted by molar-refractivity contribution is 0.587. The summed E-state index contributed by atoms with van der Waals surface area (Å²) in [4.78, 5) is 0. The minimum absolute atomic E-state index is 0.00245. The van der Waals surface area contributed by atoms with Crippen LogP contribution >= 0.6 is 0 Å². The Kier molecular flexibility index (Phi) is 4.76. The highest BCUT2D eigenvalue weighted by Gasteiger charge is 2.07. The highest BCUT2D eigenvalue weighted by atomic mass is 32.2. The second-order valence-corrected chi connectivity index (χ2v) is 6.43. The van der Waals surface area contributed by atoms with Crippen LogP contribution in [0.4, 0.5) is 5.69 Å². The van der Waals surface area contributed by atoms with Crippen molar-refractivity contribution in [2.24, 2.45) is 0 Å². The van der Waals surface area contributed by atoms with Gasteiger partial charge in [0.05, 0.1) is 5.75 Å². The number of rotatable bonds is 6. The quantitative estimate of drug-likeness (QED) is 0.858. The Morgan fingerprint density at radius 2 is 1.55 bits per heavy atom. The number of hydrogen-bond acceptors (Lipinski definition) is 3. The van der Waals surface area contributed by atoms with Gasteiger partial charge in [0.15, 0.2) is 0 Å². The van der Waals surface area contributed by atoms with E-state index in [0.717, 1.165) is 17.8 Å². The zero-order valence-corrected chi connectivity index (χ0v) is 12.2. The zero-order chi connectivity index (χ0) is 14.4. The SMILES string of the molecule is CNS(=O)(=O)Cc1ccc(NCc2ccccc2)cc1. The molecule has 4 nitrogen and oxygen atoms in total. The zero-order valence-electron chi connectivity index (χ0n) is 11.3. The Bertz CT molecular complexity index is 637. The van der Waals surface area contributed by atoms with Gasteiger partial charge in [0.1, 0.15) is 0 Å². The first-order valence-electron chi connectivity index (χ1n) is 6.37. The molecule has 0 aliphatic carbocycles. The summed E-state index contributed by atoms with van der Waals surface area (Å²) in [5.74, 6) is 0.00245. The molecule has 0 aliphatic rings.